The number of nitrogens with two attached hydrogens (primary N) is 1. The summed E-state index contributed by atoms with van der Waals surface area (Å²) < 4.78 is 13.6. The number of carbonyl (C=O) groups excluding carboxylic acids is 2. The lowest BCUT2D eigenvalue weighted by Crippen LogP contribution is -2.23. The van der Waals surface area contributed by atoms with Crippen molar-refractivity contribution in [1.82, 2.24) is 20.6 Å². The lowest BCUT2D eigenvalue weighted by atomic mass is 10.1. The molecule has 1 aromatic heterocycles. The van der Waals surface area contributed by atoms with Gasteiger partial charge in [0.1, 0.15) is 5.82 Å². The molecule has 8 heteroatoms. The van der Waals surface area contributed by atoms with Crippen LogP contribution in [0.2, 0.25) is 0 Å². The Balaban J connectivity index is 1.79. The molecule has 0 spiro atoms. The summed E-state index contributed by atoms with van der Waals surface area (Å²) in [4.78, 5) is 32.6. The number of halogens is 1. The molecule has 0 atom stereocenters. The number of nitrogen functional groups attached to an aromatic ring is 1. The predicted octanol–water partition coefficient (Wildman–Crippen LogP) is 2.46. The van der Waals surface area contributed by atoms with Crippen LogP contribution in [0.15, 0.2) is 48.7 Å². The van der Waals surface area contributed by atoms with Gasteiger partial charge in [0, 0.05) is 24.7 Å². The van der Waals surface area contributed by atoms with Gasteiger partial charge in [0.05, 0.1) is 11.9 Å². The van der Waals surface area contributed by atoms with E-state index >= 15 is 0 Å². The van der Waals surface area contributed by atoms with Crippen LogP contribution < -0.4 is 16.4 Å². The van der Waals surface area contributed by atoms with Crippen molar-refractivity contribution in [2.75, 3.05) is 12.8 Å². The molecule has 0 saturated heterocycles. The number of nitrogens with zero attached hydrogens (tertiary/aromatic N) is 2. The fourth-order valence-electron chi connectivity index (χ4n) is 2.67. The molecule has 0 saturated carbocycles. The minimum absolute atomic E-state index is 0.0150. The summed E-state index contributed by atoms with van der Waals surface area (Å²) in [7, 11) is 1.47. The van der Waals surface area contributed by atoms with Gasteiger partial charge in [-0.25, -0.2) is 14.4 Å². The molecule has 148 valence electrons. The Morgan fingerprint density at radius 3 is 2.66 bits per heavy atom. The predicted molar refractivity (Wildman–Crippen MR) is 108 cm³/mol. The van der Waals surface area contributed by atoms with Crippen LogP contribution in [0.3, 0.4) is 0 Å². The van der Waals surface area contributed by atoms with Crippen molar-refractivity contribution in [2.45, 2.75) is 13.5 Å². The Morgan fingerprint density at radius 1 is 1.14 bits per heavy atom. The highest BCUT2D eigenvalue weighted by molar-refractivity contribution is 5.97. The van der Waals surface area contributed by atoms with Gasteiger partial charge in [-0.05, 0) is 36.2 Å². The van der Waals surface area contributed by atoms with Crippen LogP contribution in [-0.2, 0) is 6.54 Å². The molecular formula is C21H20FN5O2. The first-order chi connectivity index (χ1) is 13.9. The molecule has 0 aliphatic rings. The van der Waals surface area contributed by atoms with Gasteiger partial charge in [-0.15, -0.1) is 0 Å². The third-order valence-corrected chi connectivity index (χ3v) is 4.35. The van der Waals surface area contributed by atoms with Crippen molar-refractivity contribution in [3.63, 3.8) is 0 Å². The highest BCUT2D eigenvalue weighted by atomic mass is 19.1. The summed E-state index contributed by atoms with van der Waals surface area (Å²) in [6.45, 7) is 1.88. The van der Waals surface area contributed by atoms with Crippen molar-refractivity contribution < 1.29 is 14.0 Å². The monoisotopic (exact) mass is 393 g/mol. The topological polar surface area (TPSA) is 110 Å². The van der Waals surface area contributed by atoms with Crippen LogP contribution in [0.4, 0.5) is 10.2 Å². The van der Waals surface area contributed by atoms with E-state index in [4.69, 9.17) is 5.73 Å². The van der Waals surface area contributed by atoms with E-state index in [9.17, 15) is 14.0 Å². The van der Waals surface area contributed by atoms with Crippen LogP contribution in [0.5, 0.6) is 0 Å². The van der Waals surface area contributed by atoms with Crippen molar-refractivity contribution in [3.8, 4) is 11.3 Å². The molecule has 0 unspecified atom stereocenters. The highest BCUT2D eigenvalue weighted by Crippen LogP contribution is 2.20. The molecule has 3 rings (SSSR count). The maximum absolute atomic E-state index is 13.6. The molecule has 2 amide bonds. The van der Waals surface area contributed by atoms with Gasteiger partial charge >= 0.3 is 0 Å². The van der Waals surface area contributed by atoms with E-state index in [0.717, 1.165) is 0 Å². The second kappa shape index (κ2) is 8.47. The van der Waals surface area contributed by atoms with Crippen LogP contribution in [-0.4, -0.2) is 28.8 Å². The van der Waals surface area contributed by atoms with Gasteiger partial charge in [-0.2, -0.15) is 0 Å². The number of hydrogen-bond donors (Lipinski definition) is 3. The lowest BCUT2D eigenvalue weighted by Gasteiger charge is -2.09. The number of benzene rings is 2. The average molecular weight is 393 g/mol. The van der Waals surface area contributed by atoms with E-state index in [2.05, 4.69) is 20.6 Å². The van der Waals surface area contributed by atoms with Crippen LogP contribution in [0, 0.1) is 12.7 Å². The number of aryl methyl sites for hydroxylation is 1. The SMILES string of the molecule is CNC(=O)c1nc(-c2cccc(C(=O)NCc3ccc(C)c(F)c3)c2)cnc1N. The minimum atomic E-state index is -0.448. The van der Waals surface area contributed by atoms with E-state index in [1.807, 2.05) is 0 Å². The molecule has 0 radical (unpaired) electrons. The number of rotatable bonds is 5. The summed E-state index contributed by atoms with van der Waals surface area (Å²) in [6, 6.07) is 11.6. The Morgan fingerprint density at radius 2 is 1.93 bits per heavy atom. The lowest BCUT2D eigenvalue weighted by molar-refractivity contribution is 0.0945. The number of hydrogen-bond acceptors (Lipinski definition) is 5. The Kier molecular flexibility index (Phi) is 5.82. The van der Waals surface area contributed by atoms with Gasteiger partial charge in [0.2, 0.25) is 0 Å². The van der Waals surface area contributed by atoms with Gasteiger partial charge in [0.15, 0.2) is 11.5 Å². The van der Waals surface area contributed by atoms with E-state index in [1.54, 1.807) is 43.3 Å². The minimum Gasteiger partial charge on any atom is -0.382 e. The average Bonchev–Trinajstić information content (AvgIpc) is 2.74. The van der Waals surface area contributed by atoms with Crippen LogP contribution in [0.1, 0.15) is 32.0 Å². The van der Waals surface area contributed by atoms with Crippen molar-refractivity contribution in [2.24, 2.45) is 0 Å². The van der Waals surface area contributed by atoms with Crippen molar-refractivity contribution in [3.05, 3.63) is 76.9 Å². The number of carbonyl (C=O) groups is 2. The summed E-state index contributed by atoms with van der Waals surface area (Å²) in [5.74, 6) is -1.06. The normalized spacial score (nSPS) is 10.4. The van der Waals surface area contributed by atoms with Gasteiger partial charge in [-0.1, -0.05) is 24.3 Å². The Bertz CT molecular complexity index is 1080. The van der Waals surface area contributed by atoms with Gasteiger partial charge in [-0.3, -0.25) is 9.59 Å². The van der Waals surface area contributed by atoms with E-state index in [1.165, 1.54) is 19.3 Å². The molecule has 4 N–H and O–H groups in total. The first kappa shape index (κ1) is 19.9. The first-order valence-electron chi connectivity index (χ1n) is 8.87. The fraction of sp³-hybridized carbons (Fsp3) is 0.143. The molecule has 2 aromatic carbocycles. The van der Waals surface area contributed by atoms with Crippen LogP contribution in [0.25, 0.3) is 11.3 Å². The summed E-state index contributed by atoms with van der Waals surface area (Å²) in [5.41, 5.74) is 8.36. The first-order valence-corrected chi connectivity index (χ1v) is 8.87. The third kappa shape index (κ3) is 4.55. The number of anilines is 1. The standard InChI is InChI=1S/C21H20FN5O2/c1-12-6-7-13(8-16(12)22)10-26-20(28)15-5-3-4-14(9-15)17-11-25-19(23)18(27-17)21(29)24-2/h3-9,11H,10H2,1-2H3,(H2,23,25)(H,24,29)(H,26,28). The Labute approximate surface area is 167 Å². The molecule has 1 heterocycles. The van der Waals surface area contributed by atoms with Crippen molar-refractivity contribution in [1.29, 1.82) is 0 Å². The quantitative estimate of drug-likeness (QED) is 0.617. The summed E-state index contributed by atoms with van der Waals surface area (Å²) >= 11 is 0. The maximum atomic E-state index is 13.6. The largest absolute Gasteiger partial charge is 0.382 e. The van der Waals surface area contributed by atoms with Crippen LogP contribution >= 0.6 is 0 Å². The molecule has 3 aromatic rings. The Hall–Kier alpha value is -3.81. The molecule has 0 aliphatic carbocycles. The molecule has 0 fully saturated rings. The van der Waals surface area contributed by atoms with E-state index < -0.39 is 5.91 Å². The van der Waals surface area contributed by atoms with Gasteiger partial charge in [0.25, 0.3) is 11.8 Å². The number of aromatic nitrogens is 2. The number of amides is 2. The molecule has 29 heavy (non-hydrogen) atoms. The zero-order valence-corrected chi connectivity index (χ0v) is 16.0. The van der Waals surface area contributed by atoms with Crippen molar-refractivity contribution >= 4 is 17.6 Å². The maximum Gasteiger partial charge on any atom is 0.273 e. The van der Waals surface area contributed by atoms with E-state index in [-0.39, 0.29) is 29.8 Å². The molecule has 0 bridgehead atoms. The molecule has 7 nitrogen and oxygen atoms in total. The highest BCUT2D eigenvalue weighted by Gasteiger charge is 2.14. The third-order valence-electron chi connectivity index (χ3n) is 4.35. The summed E-state index contributed by atoms with van der Waals surface area (Å²) in [6.07, 6.45) is 1.44. The smallest absolute Gasteiger partial charge is 0.273 e. The summed E-state index contributed by atoms with van der Waals surface area (Å²) in [5, 5.41) is 5.22. The molecule has 0 aliphatic heterocycles. The fourth-order valence-corrected chi connectivity index (χ4v) is 2.67. The van der Waals surface area contributed by atoms with E-state index in [0.29, 0.717) is 27.9 Å². The zero-order chi connectivity index (χ0) is 21.0. The molecular weight excluding hydrogens is 373 g/mol. The second-order valence-electron chi connectivity index (χ2n) is 6.42. The second-order valence-corrected chi connectivity index (χ2v) is 6.42. The van der Waals surface area contributed by atoms with Gasteiger partial charge < -0.3 is 16.4 Å². The number of nitrogens with one attached hydrogen (secondary N) is 2. The zero-order valence-electron chi connectivity index (χ0n) is 16.0.